The second kappa shape index (κ2) is 7.46. The van der Waals surface area contributed by atoms with E-state index in [1.54, 1.807) is 0 Å². The maximum atomic E-state index is 6.16. The summed E-state index contributed by atoms with van der Waals surface area (Å²) in [6.45, 7) is 6.89. The number of nitrogens with one attached hydrogen (secondary N) is 1. The zero-order chi connectivity index (χ0) is 14.7. The van der Waals surface area contributed by atoms with E-state index in [0.717, 1.165) is 23.0 Å². The summed E-state index contributed by atoms with van der Waals surface area (Å²) in [5, 5.41) is 5.51. The molecule has 4 atom stereocenters. The molecule has 0 radical (unpaired) electrons. The van der Waals surface area contributed by atoms with Gasteiger partial charge in [0.1, 0.15) is 0 Å². The van der Waals surface area contributed by atoms with Gasteiger partial charge in [0.15, 0.2) is 0 Å². The Morgan fingerprint density at radius 3 is 2.76 bits per heavy atom. The van der Waals surface area contributed by atoms with Crippen LogP contribution < -0.4 is 5.32 Å². The Bertz CT molecular complexity index is 335. The van der Waals surface area contributed by atoms with Crippen LogP contribution in [0.1, 0.15) is 52.4 Å². The molecule has 1 saturated carbocycles. The Labute approximate surface area is 138 Å². The monoisotopic (exact) mass is 329 g/mol. The molecule has 0 aromatic carbocycles. The molecule has 3 aliphatic rings. The van der Waals surface area contributed by atoms with Gasteiger partial charge in [-0.2, -0.15) is 23.5 Å². The van der Waals surface area contributed by atoms with Gasteiger partial charge in [-0.15, -0.1) is 0 Å². The third-order valence-electron chi connectivity index (χ3n) is 5.52. The highest BCUT2D eigenvalue weighted by molar-refractivity contribution is 8.07. The van der Waals surface area contributed by atoms with E-state index in [9.17, 15) is 0 Å². The Balaban J connectivity index is 1.68. The summed E-state index contributed by atoms with van der Waals surface area (Å²) >= 11 is 4.40. The first-order chi connectivity index (χ1) is 10.2. The number of rotatable bonds is 5. The highest BCUT2D eigenvalue weighted by Gasteiger charge is 2.46. The number of thioether (sulfide) groups is 2. The molecule has 0 aromatic rings. The van der Waals surface area contributed by atoms with Crippen LogP contribution in [0.4, 0.5) is 0 Å². The topological polar surface area (TPSA) is 21.3 Å². The van der Waals surface area contributed by atoms with Crippen molar-refractivity contribution < 1.29 is 4.74 Å². The van der Waals surface area contributed by atoms with E-state index in [4.69, 9.17) is 4.74 Å². The summed E-state index contributed by atoms with van der Waals surface area (Å²) in [7, 11) is 0. The zero-order valence-electron chi connectivity index (χ0n) is 13.6. The molecule has 0 amide bonds. The Hall–Kier alpha value is 0.620. The smallest absolute Gasteiger partial charge is 0.0685 e. The lowest BCUT2D eigenvalue weighted by atomic mass is 9.70. The molecule has 0 bridgehead atoms. The van der Waals surface area contributed by atoms with E-state index in [1.165, 1.54) is 56.6 Å². The van der Waals surface area contributed by atoms with Crippen LogP contribution in [0.15, 0.2) is 0 Å². The molecule has 1 spiro atoms. The number of hydrogen-bond acceptors (Lipinski definition) is 4. The maximum Gasteiger partial charge on any atom is 0.0685 e. The molecule has 0 aromatic heterocycles. The molecule has 3 fully saturated rings. The number of hydrogen-bond donors (Lipinski definition) is 1. The predicted octanol–water partition coefficient (Wildman–Crippen LogP) is 3.94. The van der Waals surface area contributed by atoms with Gasteiger partial charge in [-0.3, -0.25) is 0 Å². The van der Waals surface area contributed by atoms with E-state index in [-0.39, 0.29) is 5.60 Å². The zero-order valence-corrected chi connectivity index (χ0v) is 15.2. The van der Waals surface area contributed by atoms with Crippen LogP contribution in [0.2, 0.25) is 0 Å². The Kier molecular flexibility index (Phi) is 5.85. The van der Waals surface area contributed by atoms with Crippen molar-refractivity contribution in [1.82, 2.24) is 5.32 Å². The maximum absolute atomic E-state index is 6.16. The third-order valence-corrected chi connectivity index (χ3v) is 8.74. The standard InChI is InChI=1S/C17H31NOS2/c1-3-8-18-15(16-13(2)20-10-11-21-16)14-5-9-19-17(12-14)6-4-7-17/h13-16,18H,3-12H2,1-2H3. The first kappa shape index (κ1) is 16.5. The van der Waals surface area contributed by atoms with Gasteiger partial charge in [0.05, 0.1) is 5.60 Å². The normalized spacial score (nSPS) is 37.1. The summed E-state index contributed by atoms with van der Waals surface area (Å²) in [4.78, 5) is 0. The van der Waals surface area contributed by atoms with E-state index >= 15 is 0 Å². The summed E-state index contributed by atoms with van der Waals surface area (Å²) in [5.41, 5.74) is 0.283. The van der Waals surface area contributed by atoms with Crippen LogP contribution in [-0.2, 0) is 4.74 Å². The first-order valence-electron chi connectivity index (χ1n) is 8.85. The second-order valence-corrected chi connectivity index (χ2v) is 9.80. The van der Waals surface area contributed by atoms with Crippen molar-refractivity contribution in [2.75, 3.05) is 24.7 Å². The van der Waals surface area contributed by atoms with Crippen molar-refractivity contribution in [2.45, 2.75) is 74.5 Å². The fraction of sp³-hybridized carbons (Fsp3) is 1.00. The average Bonchev–Trinajstić information content (AvgIpc) is 2.48. The minimum Gasteiger partial charge on any atom is -0.375 e. The van der Waals surface area contributed by atoms with Crippen molar-refractivity contribution in [3.05, 3.63) is 0 Å². The highest BCUT2D eigenvalue weighted by atomic mass is 32.2. The summed E-state index contributed by atoms with van der Waals surface area (Å²) in [5.74, 6) is 3.49. The minimum absolute atomic E-state index is 0.283. The van der Waals surface area contributed by atoms with Gasteiger partial charge in [0.25, 0.3) is 0 Å². The fourth-order valence-electron chi connectivity index (χ4n) is 4.20. The van der Waals surface area contributed by atoms with Crippen LogP contribution >= 0.6 is 23.5 Å². The van der Waals surface area contributed by atoms with Gasteiger partial charge in [-0.1, -0.05) is 13.8 Å². The first-order valence-corrected chi connectivity index (χ1v) is 10.9. The summed E-state index contributed by atoms with van der Waals surface area (Å²) in [6.07, 6.45) is 7.81. The van der Waals surface area contributed by atoms with Gasteiger partial charge >= 0.3 is 0 Å². The van der Waals surface area contributed by atoms with Crippen molar-refractivity contribution in [2.24, 2.45) is 5.92 Å². The molecule has 4 unspecified atom stereocenters. The Morgan fingerprint density at radius 1 is 1.29 bits per heavy atom. The lowest BCUT2D eigenvalue weighted by Gasteiger charge is -2.50. The van der Waals surface area contributed by atoms with Gasteiger partial charge < -0.3 is 10.1 Å². The predicted molar refractivity (Wildman–Crippen MR) is 95.5 cm³/mol. The number of ether oxygens (including phenoxy) is 1. The average molecular weight is 330 g/mol. The van der Waals surface area contributed by atoms with Crippen LogP contribution in [-0.4, -0.2) is 46.8 Å². The quantitative estimate of drug-likeness (QED) is 0.824. The van der Waals surface area contributed by atoms with Gasteiger partial charge in [0.2, 0.25) is 0 Å². The SMILES string of the molecule is CCCNC(C1CCOC2(CCC2)C1)C1SCCSC1C. The third kappa shape index (κ3) is 3.76. The van der Waals surface area contributed by atoms with E-state index in [2.05, 4.69) is 42.7 Å². The van der Waals surface area contributed by atoms with E-state index in [1.807, 2.05) is 0 Å². The fourth-order valence-corrected chi connectivity index (χ4v) is 7.24. The largest absolute Gasteiger partial charge is 0.375 e. The van der Waals surface area contributed by atoms with E-state index in [0.29, 0.717) is 6.04 Å². The van der Waals surface area contributed by atoms with Crippen molar-refractivity contribution in [1.29, 1.82) is 0 Å². The van der Waals surface area contributed by atoms with Crippen LogP contribution in [0, 0.1) is 5.92 Å². The molecule has 21 heavy (non-hydrogen) atoms. The van der Waals surface area contributed by atoms with Crippen molar-refractivity contribution in [3.63, 3.8) is 0 Å². The van der Waals surface area contributed by atoms with Crippen molar-refractivity contribution in [3.8, 4) is 0 Å². The molecule has 4 heteroatoms. The molecule has 1 aliphatic carbocycles. The molecule has 122 valence electrons. The highest BCUT2D eigenvalue weighted by Crippen LogP contribution is 2.47. The molecule has 2 saturated heterocycles. The minimum atomic E-state index is 0.283. The molecular formula is C17H31NOS2. The molecule has 2 aliphatic heterocycles. The molecule has 2 nitrogen and oxygen atoms in total. The lowest BCUT2D eigenvalue weighted by Crippen LogP contribution is -2.55. The molecule has 2 heterocycles. The van der Waals surface area contributed by atoms with Crippen LogP contribution in [0.5, 0.6) is 0 Å². The molecule has 1 N–H and O–H groups in total. The van der Waals surface area contributed by atoms with Gasteiger partial charge in [-0.05, 0) is 51.0 Å². The Morgan fingerprint density at radius 2 is 2.10 bits per heavy atom. The van der Waals surface area contributed by atoms with Crippen molar-refractivity contribution >= 4 is 23.5 Å². The van der Waals surface area contributed by atoms with E-state index < -0.39 is 0 Å². The molecule has 3 rings (SSSR count). The van der Waals surface area contributed by atoms with Crippen LogP contribution in [0.25, 0.3) is 0 Å². The summed E-state index contributed by atoms with van der Waals surface area (Å²) < 4.78 is 6.16. The van der Waals surface area contributed by atoms with Gasteiger partial charge in [-0.25, -0.2) is 0 Å². The molecular weight excluding hydrogens is 298 g/mol. The van der Waals surface area contributed by atoms with Gasteiger partial charge in [0, 0.05) is 34.7 Å². The summed E-state index contributed by atoms with van der Waals surface area (Å²) in [6, 6.07) is 0.694. The second-order valence-electron chi connectivity index (χ2n) is 7.03. The lowest BCUT2D eigenvalue weighted by molar-refractivity contribution is -0.147. The van der Waals surface area contributed by atoms with Crippen LogP contribution in [0.3, 0.4) is 0 Å².